The van der Waals surface area contributed by atoms with E-state index in [2.05, 4.69) is 15.9 Å². The maximum atomic E-state index is 13.1. The number of methoxy groups -OCH3 is 1. The Hall–Kier alpha value is -0.610. The van der Waals surface area contributed by atoms with Gasteiger partial charge in [0.05, 0.1) is 10.6 Å². The van der Waals surface area contributed by atoms with E-state index in [4.69, 9.17) is 9.47 Å². The largest absolute Gasteiger partial charge is 0.491 e. The third-order valence-electron chi connectivity index (χ3n) is 1.96. The monoisotopic (exact) mass is 276 g/mol. The summed E-state index contributed by atoms with van der Waals surface area (Å²) in [6.45, 7) is 2.57. The molecule has 1 aromatic rings. The molecule has 0 aliphatic carbocycles. The van der Waals surface area contributed by atoms with Gasteiger partial charge in [0, 0.05) is 26.2 Å². The van der Waals surface area contributed by atoms with Crippen molar-refractivity contribution in [1.82, 2.24) is 0 Å². The summed E-state index contributed by atoms with van der Waals surface area (Å²) in [4.78, 5) is 0. The van der Waals surface area contributed by atoms with E-state index in [1.165, 1.54) is 6.07 Å². The van der Waals surface area contributed by atoms with E-state index in [1.807, 2.05) is 6.92 Å². The van der Waals surface area contributed by atoms with Gasteiger partial charge in [0.25, 0.3) is 0 Å². The van der Waals surface area contributed by atoms with Crippen molar-refractivity contribution in [2.45, 2.75) is 19.4 Å². The van der Waals surface area contributed by atoms with Crippen LogP contribution in [0.5, 0.6) is 5.75 Å². The molecule has 1 unspecified atom stereocenters. The zero-order valence-electron chi connectivity index (χ0n) is 8.80. The summed E-state index contributed by atoms with van der Waals surface area (Å²) in [6.07, 6.45) is 0.805. The van der Waals surface area contributed by atoms with Gasteiger partial charge in [-0.05, 0) is 35.0 Å². The van der Waals surface area contributed by atoms with Gasteiger partial charge in [-0.25, -0.2) is 4.39 Å². The van der Waals surface area contributed by atoms with Gasteiger partial charge in [0.1, 0.15) is 11.6 Å². The Morgan fingerprint density at radius 3 is 2.80 bits per heavy atom. The second-order valence-corrected chi connectivity index (χ2v) is 4.14. The lowest BCUT2D eigenvalue weighted by Gasteiger charge is -2.14. The van der Waals surface area contributed by atoms with Crippen LogP contribution in [-0.4, -0.2) is 19.8 Å². The molecule has 4 heteroatoms. The van der Waals surface area contributed by atoms with E-state index in [9.17, 15) is 4.39 Å². The van der Waals surface area contributed by atoms with Gasteiger partial charge in [-0.2, -0.15) is 0 Å². The normalized spacial score (nSPS) is 12.5. The van der Waals surface area contributed by atoms with E-state index in [-0.39, 0.29) is 11.9 Å². The standard InChI is InChI=1S/C11H14BrFO2/c1-8(5-6-14-2)15-9-3-4-10(12)11(13)7-9/h3-4,7-8H,5-6H2,1-2H3. The highest BCUT2D eigenvalue weighted by Gasteiger charge is 2.06. The fourth-order valence-electron chi connectivity index (χ4n) is 1.13. The van der Waals surface area contributed by atoms with Crippen LogP contribution in [0.4, 0.5) is 4.39 Å². The van der Waals surface area contributed by atoms with Crippen molar-refractivity contribution in [3.05, 3.63) is 28.5 Å². The summed E-state index contributed by atoms with van der Waals surface area (Å²) in [7, 11) is 1.64. The minimum atomic E-state index is -0.313. The van der Waals surface area contributed by atoms with Crippen LogP contribution in [-0.2, 0) is 4.74 Å². The molecule has 0 amide bonds. The molecular formula is C11H14BrFO2. The first-order chi connectivity index (χ1) is 7.13. The fourth-order valence-corrected chi connectivity index (χ4v) is 1.37. The highest BCUT2D eigenvalue weighted by Crippen LogP contribution is 2.22. The number of hydrogen-bond acceptors (Lipinski definition) is 2. The average molecular weight is 277 g/mol. The van der Waals surface area contributed by atoms with Crippen LogP contribution in [0.15, 0.2) is 22.7 Å². The summed E-state index contributed by atoms with van der Waals surface area (Å²) in [5.74, 6) is 0.228. The number of rotatable bonds is 5. The first-order valence-electron chi connectivity index (χ1n) is 4.74. The van der Waals surface area contributed by atoms with Gasteiger partial charge in [0.2, 0.25) is 0 Å². The van der Waals surface area contributed by atoms with Crippen LogP contribution in [0, 0.1) is 5.82 Å². The zero-order chi connectivity index (χ0) is 11.3. The van der Waals surface area contributed by atoms with Gasteiger partial charge in [-0.15, -0.1) is 0 Å². The molecule has 1 atom stereocenters. The predicted octanol–water partition coefficient (Wildman–Crippen LogP) is 3.39. The minimum Gasteiger partial charge on any atom is -0.491 e. The summed E-state index contributed by atoms with van der Waals surface area (Å²) in [5, 5.41) is 0. The SMILES string of the molecule is COCCC(C)Oc1ccc(Br)c(F)c1. The van der Waals surface area contributed by atoms with Crippen LogP contribution in [0.2, 0.25) is 0 Å². The second kappa shape index (κ2) is 6.08. The predicted molar refractivity (Wildman–Crippen MR) is 60.7 cm³/mol. The molecule has 0 saturated carbocycles. The molecule has 0 bridgehead atoms. The lowest BCUT2D eigenvalue weighted by molar-refractivity contribution is 0.135. The summed E-state index contributed by atoms with van der Waals surface area (Å²) >= 11 is 3.09. The first kappa shape index (κ1) is 12.5. The molecule has 0 aromatic heterocycles. The Labute approximate surface area is 97.5 Å². The molecule has 0 aliphatic heterocycles. The van der Waals surface area contributed by atoms with E-state index in [0.29, 0.717) is 16.8 Å². The molecule has 15 heavy (non-hydrogen) atoms. The third-order valence-corrected chi connectivity index (χ3v) is 2.60. The number of ether oxygens (including phenoxy) is 2. The van der Waals surface area contributed by atoms with E-state index < -0.39 is 0 Å². The molecule has 0 saturated heterocycles. The second-order valence-electron chi connectivity index (χ2n) is 3.29. The van der Waals surface area contributed by atoms with Crippen molar-refractivity contribution in [2.75, 3.05) is 13.7 Å². The van der Waals surface area contributed by atoms with Gasteiger partial charge in [-0.1, -0.05) is 0 Å². The van der Waals surface area contributed by atoms with Crippen molar-refractivity contribution in [1.29, 1.82) is 0 Å². The van der Waals surface area contributed by atoms with Gasteiger partial charge in [0.15, 0.2) is 0 Å². The van der Waals surface area contributed by atoms with Crippen molar-refractivity contribution in [2.24, 2.45) is 0 Å². The molecule has 0 spiro atoms. The first-order valence-corrected chi connectivity index (χ1v) is 5.53. The maximum absolute atomic E-state index is 13.1. The smallest absolute Gasteiger partial charge is 0.141 e. The summed E-state index contributed by atoms with van der Waals surface area (Å²) in [5.41, 5.74) is 0. The van der Waals surface area contributed by atoms with Crippen molar-refractivity contribution in [3.63, 3.8) is 0 Å². The van der Waals surface area contributed by atoms with Gasteiger partial charge < -0.3 is 9.47 Å². The van der Waals surface area contributed by atoms with Crippen LogP contribution >= 0.6 is 15.9 Å². The lowest BCUT2D eigenvalue weighted by Crippen LogP contribution is -2.14. The van der Waals surface area contributed by atoms with Crippen LogP contribution in [0.1, 0.15) is 13.3 Å². The maximum Gasteiger partial charge on any atom is 0.141 e. The van der Waals surface area contributed by atoms with E-state index in [0.717, 1.165) is 6.42 Å². The molecule has 84 valence electrons. The molecule has 0 radical (unpaired) electrons. The Morgan fingerprint density at radius 1 is 1.47 bits per heavy atom. The number of benzene rings is 1. The zero-order valence-corrected chi connectivity index (χ0v) is 10.4. The van der Waals surface area contributed by atoms with Crippen molar-refractivity contribution < 1.29 is 13.9 Å². The number of hydrogen-bond donors (Lipinski definition) is 0. The Morgan fingerprint density at radius 2 is 2.20 bits per heavy atom. The van der Waals surface area contributed by atoms with Crippen LogP contribution in [0.25, 0.3) is 0 Å². The summed E-state index contributed by atoms with van der Waals surface area (Å²) < 4.78 is 24.0. The molecule has 1 rings (SSSR count). The van der Waals surface area contributed by atoms with E-state index in [1.54, 1.807) is 19.2 Å². The fraction of sp³-hybridized carbons (Fsp3) is 0.455. The van der Waals surface area contributed by atoms with Gasteiger partial charge in [-0.3, -0.25) is 0 Å². The molecule has 0 fully saturated rings. The van der Waals surface area contributed by atoms with Crippen molar-refractivity contribution in [3.8, 4) is 5.75 Å². The third kappa shape index (κ3) is 4.18. The quantitative estimate of drug-likeness (QED) is 0.821. The Bertz CT molecular complexity index is 317. The molecular weight excluding hydrogens is 263 g/mol. The highest BCUT2D eigenvalue weighted by molar-refractivity contribution is 9.10. The van der Waals surface area contributed by atoms with Crippen LogP contribution < -0.4 is 4.74 Å². The minimum absolute atomic E-state index is 0.0190. The van der Waals surface area contributed by atoms with Gasteiger partial charge >= 0.3 is 0 Å². The molecule has 0 heterocycles. The Kier molecular flexibility index (Phi) is 5.05. The molecule has 0 aliphatic rings. The topological polar surface area (TPSA) is 18.5 Å². The number of halogens is 2. The molecule has 0 N–H and O–H groups in total. The highest BCUT2D eigenvalue weighted by atomic mass is 79.9. The molecule has 2 nitrogen and oxygen atoms in total. The molecule has 1 aromatic carbocycles. The Balaban J connectivity index is 2.53. The van der Waals surface area contributed by atoms with Crippen LogP contribution in [0.3, 0.4) is 0 Å². The summed E-state index contributed by atoms with van der Waals surface area (Å²) in [6, 6.07) is 4.73. The average Bonchev–Trinajstić information content (AvgIpc) is 2.20. The van der Waals surface area contributed by atoms with E-state index >= 15 is 0 Å². The lowest BCUT2D eigenvalue weighted by atomic mass is 10.3. The van der Waals surface area contributed by atoms with Crippen molar-refractivity contribution >= 4 is 15.9 Å².